The molecule has 2 aliphatic rings. The van der Waals surface area contributed by atoms with Crippen LogP contribution in [0.1, 0.15) is 11.6 Å². The van der Waals surface area contributed by atoms with E-state index in [4.69, 9.17) is 21.1 Å². The number of halogens is 2. The summed E-state index contributed by atoms with van der Waals surface area (Å²) in [5, 5.41) is 0.891. The molecule has 3 heterocycles. The van der Waals surface area contributed by atoms with Gasteiger partial charge in [-0.2, -0.15) is 4.98 Å². The molecule has 0 aliphatic carbocycles. The predicted molar refractivity (Wildman–Crippen MR) is 148 cm³/mol. The number of ether oxygens (including phenoxy) is 2. The lowest BCUT2D eigenvalue weighted by Gasteiger charge is -2.36. The van der Waals surface area contributed by atoms with Crippen LogP contribution in [-0.4, -0.2) is 72.8 Å². The second-order valence-corrected chi connectivity index (χ2v) is 10.7. The number of benzene rings is 2. The van der Waals surface area contributed by atoms with Crippen molar-refractivity contribution < 1.29 is 18.7 Å². The van der Waals surface area contributed by atoms with Gasteiger partial charge in [0.15, 0.2) is 0 Å². The highest BCUT2D eigenvalue weighted by Gasteiger charge is 2.31. The SMILES string of the molecule is C=CC(=O)N1CCN(c2nc(=O)n3c4c(c(-c5ccc(F)c(Cl)c5)c(C)cc24)SC[C@@H]3COCOC)CC1. The monoisotopic (exact) mass is 558 g/mol. The number of hydrogen-bond acceptors (Lipinski definition) is 7. The molecule has 2 aromatic carbocycles. The third-order valence-electron chi connectivity index (χ3n) is 6.91. The Bertz CT molecular complexity index is 1470. The summed E-state index contributed by atoms with van der Waals surface area (Å²) in [6.07, 6.45) is 1.32. The Morgan fingerprint density at radius 1 is 1.29 bits per heavy atom. The Labute approximate surface area is 229 Å². The summed E-state index contributed by atoms with van der Waals surface area (Å²) in [5.41, 5.74) is 3.06. The zero-order valence-corrected chi connectivity index (χ0v) is 22.8. The maximum Gasteiger partial charge on any atom is 0.350 e. The second-order valence-electron chi connectivity index (χ2n) is 9.27. The highest BCUT2D eigenvalue weighted by atomic mass is 35.5. The van der Waals surface area contributed by atoms with Gasteiger partial charge in [0.25, 0.3) is 0 Å². The minimum absolute atomic E-state index is 0.0422. The smallest absolute Gasteiger partial charge is 0.350 e. The van der Waals surface area contributed by atoms with Crippen molar-refractivity contribution in [3.63, 3.8) is 0 Å². The molecule has 38 heavy (non-hydrogen) atoms. The van der Waals surface area contributed by atoms with Crippen molar-refractivity contribution in [2.45, 2.75) is 17.9 Å². The van der Waals surface area contributed by atoms with Gasteiger partial charge in [-0.3, -0.25) is 9.36 Å². The zero-order valence-electron chi connectivity index (χ0n) is 21.2. The lowest BCUT2D eigenvalue weighted by molar-refractivity contribution is -0.126. The number of hydrogen-bond donors (Lipinski definition) is 0. The van der Waals surface area contributed by atoms with Crippen molar-refractivity contribution in [1.82, 2.24) is 14.5 Å². The summed E-state index contributed by atoms with van der Waals surface area (Å²) in [6.45, 7) is 8.10. The minimum atomic E-state index is -0.483. The summed E-state index contributed by atoms with van der Waals surface area (Å²) in [5.74, 6) is 0.603. The van der Waals surface area contributed by atoms with Crippen molar-refractivity contribution in [3.8, 4) is 11.1 Å². The predicted octanol–water partition coefficient (Wildman–Crippen LogP) is 4.27. The van der Waals surface area contributed by atoms with Crippen molar-refractivity contribution in [2.75, 3.05) is 57.3 Å². The molecule has 0 bridgehead atoms. The van der Waals surface area contributed by atoms with Gasteiger partial charge in [-0.1, -0.05) is 24.2 Å². The molecule has 1 amide bonds. The molecule has 8 nitrogen and oxygen atoms in total. The summed E-state index contributed by atoms with van der Waals surface area (Å²) in [4.78, 5) is 34.9. The van der Waals surface area contributed by atoms with Crippen molar-refractivity contribution in [1.29, 1.82) is 0 Å². The van der Waals surface area contributed by atoms with Gasteiger partial charge in [0.05, 0.1) is 23.2 Å². The number of piperazine rings is 1. The van der Waals surface area contributed by atoms with Crippen molar-refractivity contribution >= 4 is 46.0 Å². The number of carbonyl (C=O) groups is 1. The Morgan fingerprint density at radius 2 is 2.05 bits per heavy atom. The molecule has 0 unspecified atom stereocenters. The van der Waals surface area contributed by atoms with Crippen LogP contribution in [0.4, 0.5) is 10.2 Å². The quantitative estimate of drug-likeness (QED) is 0.243. The number of aromatic nitrogens is 2. The van der Waals surface area contributed by atoms with Crippen molar-refractivity contribution in [3.05, 3.63) is 63.8 Å². The number of carbonyl (C=O) groups excluding carboxylic acids is 1. The number of aryl methyl sites for hydroxylation is 1. The first-order chi connectivity index (χ1) is 18.3. The third-order valence-corrected chi connectivity index (χ3v) is 8.44. The molecule has 11 heteroatoms. The van der Waals surface area contributed by atoms with Gasteiger partial charge in [0.1, 0.15) is 18.4 Å². The van der Waals surface area contributed by atoms with E-state index in [0.717, 1.165) is 32.5 Å². The summed E-state index contributed by atoms with van der Waals surface area (Å²) in [6, 6.07) is 6.48. The molecule has 1 aromatic heterocycles. The van der Waals surface area contributed by atoms with Crippen LogP contribution in [0.2, 0.25) is 5.02 Å². The van der Waals surface area contributed by atoms with E-state index in [1.165, 1.54) is 12.1 Å². The Kier molecular flexibility index (Phi) is 7.76. The highest BCUT2D eigenvalue weighted by molar-refractivity contribution is 7.99. The summed E-state index contributed by atoms with van der Waals surface area (Å²) in [7, 11) is 1.55. The molecule has 0 saturated carbocycles. The van der Waals surface area contributed by atoms with E-state index in [1.807, 2.05) is 13.0 Å². The second kappa shape index (κ2) is 11.1. The minimum Gasteiger partial charge on any atom is -0.359 e. The van der Waals surface area contributed by atoms with Crippen LogP contribution in [-0.2, 0) is 14.3 Å². The molecular formula is C27H28ClFN4O4S. The van der Waals surface area contributed by atoms with E-state index in [2.05, 4.69) is 16.5 Å². The molecular weight excluding hydrogens is 531 g/mol. The van der Waals surface area contributed by atoms with Gasteiger partial charge in [-0.15, -0.1) is 11.8 Å². The summed E-state index contributed by atoms with van der Waals surface area (Å²) < 4.78 is 26.4. The molecule has 5 rings (SSSR count). The van der Waals surface area contributed by atoms with Gasteiger partial charge < -0.3 is 19.3 Å². The lowest BCUT2D eigenvalue weighted by atomic mass is 9.97. The first-order valence-corrected chi connectivity index (χ1v) is 13.6. The van der Waals surface area contributed by atoms with Gasteiger partial charge in [-0.05, 0) is 42.3 Å². The van der Waals surface area contributed by atoms with E-state index in [0.29, 0.717) is 44.4 Å². The number of methoxy groups -OCH3 is 1. The fourth-order valence-corrected chi connectivity index (χ4v) is 6.68. The van der Waals surface area contributed by atoms with E-state index < -0.39 is 5.82 Å². The van der Waals surface area contributed by atoms with E-state index >= 15 is 0 Å². The van der Waals surface area contributed by atoms with Crippen LogP contribution < -0.4 is 10.6 Å². The Balaban J connectivity index is 1.68. The Hall–Kier alpha value is -2.92. The number of nitrogens with zero attached hydrogens (tertiary/aromatic N) is 4. The van der Waals surface area contributed by atoms with Crippen LogP contribution in [0.3, 0.4) is 0 Å². The number of thioether (sulfide) groups is 1. The van der Waals surface area contributed by atoms with Crippen LogP contribution in [0.5, 0.6) is 0 Å². The first kappa shape index (κ1) is 26.7. The maximum atomic E-state index is 14.0. The number of rotatable bonds is 7. The molecule has 1 atom stereocenters. The fourth-order valence-electron chi connectivity index (χ4n) is 5.13. The molecule has 3 aromatic rings. The lowest BCUT2D eigenvalue weighted by Crippen LogP contribution is -2.49. The molecule has 2 aliphatic heterocycles. The zero-order chi connectivity index (χ0) is 27.0. The number of anilines is 1. The van der Waals surface area contributed by atoms with E-state index in [-0.39, 0.29) is 29.5 Å². The standard InChI is InChI=1S/C27H28ClFN4O4S/c1-4-22(34)31-7-9-32(10-8-31)26-19-11-16(2)23(17-5-6-21(29)20(28)12-17)25-24(19)33(27(35)30-26)18(14-38-25)13-37-15-36-3/h4-6,11-12,18H,1,7-10,13-15H2,2-3H3/t18-/m0/s1. The van der Waals surface area contributed by atoms with Gasteiger partial charge in [0, 0.05) is 54.9 Å². The molecule has 200 valence electrons. The van der Waals surface area contributed by atoms with Crippen LogP contribution in [0.15, 0.2) is 46.6 Å². The average Bonchev–Trinajstić information content (AvgIpc) is 2.92. The van der Waals surface area contributed by atoms with Crippen LogP contribution in [0, 0.1) is 12.7 Å². The first-order valence-electron chi connectivity index (χ1n) is 12.2. The van der Waals surface area contributed by atoms with E-state index in [9.17, 15) is 14.0 Å². The molecule has 1 saturated heterocycles. The van der Waals surface area contributed by atoms with Crippen LogP contribution >= 0.6 is 23.4 Å². The maximum absolute atomic E-state index is 14.0. The van der Waals surface area contributed by atoms with Crippen LogP contribution in [0.25, 0.3) is 22.0 Å². The highest BCUT2D eigenvalue weighted by Crippen LogP contribution is 2.46. The van der Waals surface area contributed by atoms with Gasteiger partial charge >= 0.3 is 5.69 Å². The average molecular weight is 559 g/mol. The molecule has 0 spiro atoms. The normalized spacial score (nSPS) is 17.2. The molecule has 0 radical (unpaired) electrons. The molecule has 1 fully saturated rings. The largest absolute Gasteiger partial charge is 0.359 e. The number of amides is 1. The van der Waals surface area contributed by atoms with Crippen molar-refractivity contribution in [2.24, 2.45) is 0 Å². The van der Waals surface area contributed by atoms with Gasteiger partial charge in [0.2, 0.25) is 5.91 Å². The van der Waals surface area contributed by atoms with Gasteiger partial charge in [-0.25, -0.2) is 9.18 Å². The fraction of sp³-hybridized carbons (Fsp3) is 0.370. The summed E-state index contributed by atoms with van der Waals surface area (Å²) >= 11 is 7.79. The third kappa shape index (κ3) is 4.82. The van der Waals surface area contributed by atoms with E-state index in [1.54, 1.807) is 40.5 Å². The molecule has 0 N–H and O–H groups in total. The Morgan fingerprint density at radius 3 is 2.74 bits per heavy atom. The topological polar surface area (TPSA) is 76.9 Å².